The van der Waals surface area contributed by atoms with Crippen LogP contribution in [0.15, 0.2) is 18.2 Å². The average Bonchev–Trinajstić information content (AvgIpc) is 2.44. The third-order valence-electron chi connectivity index (χ3n) is 3.94. The van der Waals surface area contributed by atoms with Crippen LogP contribution in [0.4, 0.5) is 5.69 Å². The maximum Gasteiger partial charge on any atom is 0.241 e. The number of nitrogens with two attached hydrogens (primary N) is 1. The van der Waals surface area contributed by atoms with Gasteiger partial charge in [-0.15, -0.1) is 12.4 Å². The topological polar surface area (TPSA) is 64.4 Å². The monoisotopic (exact) mass is 298 g/mol. The van der Waals surface area contributed by atoms with Gasteiger partial charge in [0.15, 0.2) is 0 Å². The number of benzene rings is 1. The first-order valence-electron chi connectivity index (χ1n) is 6.80. The molecule has 1 amide bonds. The van der Waals surface area contributed by atoms with Crippen LogP contribution >= 0.6 is 12.4 Å². The molecule has 1 aliphatic heterocycles. The molecule has 0 saturated carbocycles. The highest BCUT2D eigenvalue weighted by Gasteiger charge is 2.26. The Hall–Kier alpha value is -1.10. The number of nitrogens with one attached hydrogen (secondary N) is 1. The molecule has 0 spiro atoms. The van der Waals surface area contributed by atoms with Crippen molar-refractivity contribution in [3.63, 3.8) is 0 Å². The molecular formula is C15H23ClN2O2. The molecule has 4 nitrogen and oxygen atoms in total. The van der Waals surface area contributed by atoms with E-state index in [4.69, 9.17) is 10.5 Å². The molecule has 112 valence electrons. The molecular weight excluding hydrogens is 276 g/mol. The van der Waals surface area contributed by atoms with Crippen molar-refractivity contribution in [1.29, 1.82) is 0 Å². The summed E-state index contributed by atoms with van der Waals surface area (Å²) in [6.07, 6.45) is 1.72. The Bertz CT molecular complexity index is 459. The SMILES string of the molecule is Cc1cccc(NC(=O)C(N)C2CCOCC2)c1C.Cl. The lowest BCUT2D eigenvalue weighted by Gasteiger charge is -2.27. The third kappa shape index (κ3) is 3.95. The summed E-state index contributed by atoms with van der Waals surface area (Å²) in [7, 11) is 0. The number of amides is 1. The second-order valence-electron chi connectivity index (χ2n) is 5.21. The first-order valence-corrected chi connectivity index (χ1v) is 6.80. The van der Waals surface area contributed by atoms with Crippen molar-refractivity contribution in [1.82, 2.24) is 0 Å². The number of carbonyl (C=O) groups is 1. The maximum absolute atomic E-state index is 12.2. The molecule has 1 atom stereocenters. The summed E-state index contributed by atoms with van der Waals surface area (Å²) >= 11 is 0. The average molecular weight is 299 g/mol. The van der Waals surface area contributed by atoms with Crippen LogP contribution in [-0.2, 0) is 9.53 Å². The molecule has 5 heteroatoms. The maximum atomic E-state index is 12.2. The molecule has 0 aromatic heterocycles. The van der Waals surface area contributed by atoms with E-state index in [0.29, 0.717) is 13.2 Å². The quantitative estimate of drug-likeness (QED) is 0.901. The molecule has 20 heavy (non-hydrogen) atoms. The number of hydrogen-bond donors (Lipinski definition) is 2. The zero-order valence-electron chi connectivity index (χ0n) is 12.0. The fourth-order valence-corrected chi connectivity index (χ4v) is 2.39. The minimum Gasteiger partial charge on any atom is -0.381 e. The Morgan fingerprint density at radius 2 is 2.00 bits per heavy atom. The van der Waals surface area contributed by atoms with E-state index in [-0.39, 0.29) is 24.2 Å². The number of anilines is 1. The van der Waals surface area contributed by atoms with E-state index in [1.165, 1.54) is 0 Å². The van der Waals surface area contributed by atoms with Crippen LogP contribution in [0.25, 0.3) is 0 Å². The molecule has 1 saturated heterocycles. The van der Waals surface area contributed by atoms with E-state index < -0.39 is 6.04 Å². The van der Waals surface area contributed by atoms with Crippen molar-refractivity contribution in [3.05, 3.63) is 29.3 Å². The summed E-state index contributed by atoms with van der Waals surface area (Å²) in [4.78, 5) is 12.2. The third-order valence-corrected chi connectivity index (χ3v) is 3.94. The molecule has 1 aliphatic rings. The van der Waals surface area contributed by atoms with Crippen molar-refractivity contribution in [2.75, 3.05) is 18.5 Å². The van der Waals surface area contributed by atoms with Crippen LogP contribution in [0.2, 0.25) is 0 Å². The Labute approximate surface area is 126 Å². The minimum atomic E-state index is -0.455. The highest BCUT2D eigenvalue weighted by atomic mass is 35.5. The summed E-state index contributed by atoms with van der Waals surface area (Å²) in [6, 6.07) is 5.43. The lowest BCUT2D eigenvalue weighted by Crippen LogP contribution is -2.44. The Kier molecular flexibility index (Phi) is 6.46. The zero-order chi connectivity index (χ0) is 13.8. The lowest BCUT2D eigenvalue weighted by atomic mass is 9.91. The van der Waals surface area contributed by atoms with Gasteiger partial charge >= 0.3 is 0 Å². The second-order valence-corrected chi connectivity index (χ2v) is 5.21. The molecule has 0 aliphatic carbocycles. The van der Waals surface area contributed by atoms with Crippen LogP contribution in [0.5, 0.6) is 0 Å². The Balaban J connectivity index is 0.00000200. The molecule has 1 unspecified atom stereocenters. The molecule has 1 aromatic carbocycles. The van der Waals surface area contributed by atoms with Gasteiger partial charge in [0.1, 0.15) is 0 Å². The second kappa shape index (κ2) is 7.62. The van der Waals surface area contributed by atoms with Crippen molar-refractivity contribution in [3.8, 4) is 0 Å². The Morgan fingerprint density at radius 1 is 1.35 bits per heavy atom. The molecule has 1 aromatic rings. The highest BCUT2D eigenvalue weighted by molar-refractivity contribution is 5.95. The normalized spacial score (nSPS) is 17.1. The van der Waals surface area contributed by atoms with Gasteiger partial charge in [0, 0.05) is 18.9 Å². The fraction of sp³-hybridized carbons (Fsp3) is 0.533. The van der Waals surface area contributed by atoms with E-state index in [2.05, 4.69) is 5.32 Å². The van der Waals surface area contributed by atoms with E-state index in [1.807, 2.05) is 32.0 Å². The van der Waals surface area contributed by atoms with Gasteiger partial charge in [-0.25, -0.2) is 0 Å². The van der Waals surface area contributed by atoms with E-state index in [0.717, 1.165) is 29.7 Å². The minimum absolute atomic E-state index is 0. The number of rotatable bonds is 3. The van der Waals surface area contributed by atoms with Gasteiger partial charge in [0.05, 0.1) is 6.04 Å². The van der Waals surface area contributed by atoms with Crippen LogP contribution in [0.1, 0.15) is 24.0 Å². The summed E-state index contributed by atoms with van der Waals surface area (Å²) in [5.41, 5.74) is 9.17. The molecule has 1 fully saturated rings. The molecule has 3 N–H and O–H groups in total. The number of hydrogen-bond acceptors (Lipinski definition) is 3. The highest BCUT2D eigenvalue weighted by Crippen LogP contribution is 2.21. The van der Waals surface area contributed by atoms with Gasteiger partial charge in [0.25, 0.3) is 0 Å². The molecule has 0 radical (unpaired) electrons. The summed E-state index contributed by atoms with van der Waals surface area (Å²) in [6.45, 7) is 5.44. The van der Waals surface area contributed by atoms with E-state index in [1.54, 1.807) is 0 Å². The van der Waals surface area contributed by atoms with Crippen molar-refractivity contribution >= 4 is 24.0 Å². The summed E-state index contributed by atoms with van der Waals surface area (Å²) < 4.78 is 5.30. The molecule has 1 heterocycles. The van der Waals surface area contributed by atoms with Crippen LogP contribution in [-0.4, -0.2) is 25.2 Å². The number of halogens is 1. The van der Waals surface area contributed by atoms with E-state index in [9.17, 15) is 4.79 Å². The predicted octanol–water partition coefficient (Wildman–Crippen LogP) is 2.42. The van der Waals surface area contributed by atoms with Gasteiger partial charge in [-0.2, -0.15) is 0 Å². The Morgan fingerprint density at radius 3 is 2.65 bits per heavy atom. The van der Waals surface area contributed by atoms with Crippen LogP contribution < -0.4 is 11.1 Å². The fourth-order valence-electron chi connectivity index (χ4n) is 2.39. The standard InChI is InChI=1S/C15H22N2O2.ClH/c1-10-4-3-5-13(11(10)2)17-15(18)14(16)12-6-8-19-9-7-12;/h3-5,12,14H,6-9,16H2,1-2H3,(H,17,18);1H. The number of aryl methyl sites for hydroxylation is 1. The van der Waals surface area contributed by atoms with Gasteiger partial charge < -0.3 is 15.8 Å². The van der Waals surface area contributed by atoms with Crippen LogP contribution in [0.3, 0.4) is 0 Å². The first-order chi connectivity index (χ1) is 9.09. The summed E-state index contributed by atoms with van der Waals surface area (Å²) in [5.74, 6) is 0.125. The zero-order valence-corrected chi connectivity index (χ0v) is 12.8. The smallest absolute Gasteiger partial charge is 0.241 e. The molecule has 2 rings (SSSR count). The summed E-state index contributed by atoms with van der Waals surface area (Å²) in [5, 5.41) is 2.94. The number of ether oxygens (including phenoxy) is 1. The van der Waals surface area contributed by atoms with Gasteiger partial charge in [-0.05, 0) is 49.8 Å². The lowest BCUT2D eigenvalue weighted by molar-refractivity contribution is -0.119. The number of carbonyl (C=O) groups excluding carboxylic acids is 1. The predicted molar refractivity (Wildman–Crippen MR) is 83.3 cm³/mol. The van der Waals surface area contributed by atoms with Gasteiger partial charge in [-0.1, -0.05) is 12.1 Å². The van der Waals surface area contributed by atoms with Crippen molar-refractivity contribution < 1.29 is 9.53 Å². The van der Waals surface area contributed by atoms with E-state index >= 15 is 0 Å². The van der Waals surface area contributed by atoms with Gasteiger partial charge in [0.2, 0.25) is 5.91 Å². The first kappa shape index (κ1) is 17.0. The van der Waals surface area contributed by atoms with Crippen LogP contribution in [0, 0.1) is 19.8 Å². The largest absolute Gasteiger partial charge is 0.381 e. The van der Waals surface area contributed by atoms with Gasteiger partial charge in [-0.3, -0.25) is 4.79 Å². The molecule has 0 bridgehead atoms. The van der Waals surface area contributed by atoms with Crippen molar-refractivity contribution in [2.45, 2.75) is 32.7 Å². The van der Waals surface area contributed by atoms with Crippen molar-refractivity contribution in [2.24, 2.45) is 11.7 Å².